The normalized spacial score (nSPS) is 11.6. The molecule has 0 radical (unpaired) electrons. The molecule has 10 heteroatoms. The summed E-state index contributed by atoms with van der Waals surface area (Å²) in [6.45, 7) is -0.577. The number of carboxylic acids is 1. The topological polar surface area (TPSA) is 90.5 Å². The number of halogens is 3. The Morgan fingerprint density at radius 2 is 1.80 bits per heavy atom. The smallest absolute Gasteiger partial charge is 0.422 e. The van der Waals surface area contributed by atoms with Gasteiger partial charge in [0.15, 0.2) is 23.8 Å². The molecule has 0 saturated heterocycles. The van der Waals surface area contributed by atoms with Crippen LogP contribution in [0.15, 0.2) is 41.2 Å². The molecule has 7 nitrogen and oxygen atoms in total. The van der Waals surface area contributed by atoms with E-state index < -0.39 is 35.8 Å². The van der Waals surface area contributed by atoms with E-state index in [-0.39, 0.29) is 23.2 Å². The van der Waals surface area contributed by atoms with Crippen molar-refractivity contribution in [3.63, 3.8) is 0 Å². The van der Waals surface area contributed by atoms with Gasteiger partial charge in [-0.3, -0.25) is 9.59 Å². The molecule has 0 unspecified atom stereocenters. The fraction of sp³-hybridized carbons (Fsp3) is 0.250. The third-order valence-corrected chi connectivity index (χ3v) is 4.61. The number of hydrogen-bond donors (Lipinski definition) is 1. The zero-order valence-electron chi connectivity index (χ0n) is 16.0. The van der Waals surface area contributed by atoms with Gasteiger partial charge in [0.1, 0.15) is 5.39 Å². The Labute approximate surface area is 167 Å². The number of alkyl halides is 3. The Hall–Kier alpha value is -3.56. The maximum absolute atomic E-state index is 13.1. The van der Waals surface area contributed by atoms with Crippen molar-refractivity contribution in [1.29, 1.82) is 0 Å². The Morgan fingerprint density at radius 3 is 2.37 bits per heavy atom. The second-order valence-corrected chi connectivity index (χ2v) is 6.67. The molecule has 158 valence electrons. The lowest BCUT2D eigenvalue weighted by atomic mass is 10.1. The van der Waals surface area contributed by atoms with Crippen LogP contribution < -0.4 is 10.3 Å². The second-order valence-electron chi connectivity index (χ2n) is 6.67. The lowest BCUT2D eigenvalue weighted by Gasteiger charge is -2.12. The molecule has 0 atom stereocenters. The lowest BCUT2D eigenvalue weighted by Crippen LogP contribution is -2.27. The summed E-state index contributed by atoms with van der Waals surface area (Å²) in [5, 5.41) is 9.13. The van der Waals surface area contributed by atoms with Crippen molar-refractivity contribution in [2.24, 2.45) is 7.05 Å². The van der Waals surface area contributed by atoms with Gasteiger partial charge in [0, 0.05) is 18.3 Å². The maximum atomic E-state index is 13.1. The standard InChI is InChI=1S/C20H17F3N2O5/c1-11-8-13-15(17(30-10-20(21,22)23)16(19(28)29)24(13)2)18(27)25(11)9-14(26)12-6-4-3-5-7-12/h3-8H,9-10H2,1-2H3,(H,28,29). The van der Waals surface area contributed by atoms with Crippen LogP contribution in [-0.4, -0.2) is 38.8 Å². The summed E-state index contributed by atoms with van der Waals surface area (Å²) in [5.41, 5.74) is -0.601. The Balaban J connectivity index is 2.18. The fourth-order valence-corrected chi connectivity index (χ4v) is 3.21. The number of rotatable bonds is 6. The summed E-state index contributed by atoms with van der Waals surface area (Å²) in [7, 11) is 1.31. The van der Waals surface area contributed by atoms with Crippen molar-refractivity contribution in [2.75, 3.05) is 6.61 Å². The van der Waals surface area contributed by atoms with Gasteiger partial charge in [-0.05, 0) is 13.0 Å². The minimum Gasteiger partial charge on any atom is -0.481 e. The van der Waals surface area contributed by atoms with Crippen LogP contribution >= 0.6 is 0 Å². The minimum absolute atomic E-state index is 0.0930. The first-order valence-electron chi connectivity index (χ1n) is 8.75. The number of aromatic carboxylic acids is 1. The summed E-state index contributed by atoms with van der Waals surface area (Å²) in [6.07, 6.45) is -4.73. The van der Waals surface area contributed by atoms with Gasteiger partial charge < -0.3 is 19.0 Å². The zero-order chi connectivity index (χ0) is 22.2. The minimum atomic E-state index is -4.73. The van der Waals surface area contributed by atoms with Crippen molar-refractivity contribution in [3.8, 4) is 5.75 Å². The van der Waals surface area contributed by atoms with Crippen molar-refractivity contribution in [3.05, 3.63) is 63.7 Å². The third-order valence-electron chi connectivity index (χ3n) is 4.61. The number of aromatic nitrogens is 2. The van der Waals surface area contributed by atoms with Gasteiger partial charge in [-0.15, -0.1) is 0 Å². The first-order chi connectivity index (χ1) is 14.0. The predicted molar refractivity (Wildman–Crippen MR) is 101 cm³/mol. The average Bonchev–Trinajstić information content (AvgIpc) is 2.95. The molecule has 0 spiro atoms. The van der Waals surface area contributed by atoms with Gasteiger partial charge in [0.05, 0.1) is 12.1 Å². The van der Waals surface area contributed by atoms with E-state index in [1.165, 1.54) is 13.1 Å². The van der Waals surface area contributed by atoms with Gasteiger partial charge in [0.2, 0.25) is 0 Å². The quantitative estimate of drug-likeness (QED) is 0.617. The lowest BCUT2D eigenvalue weighted by molar-refractivity contribution is -0.153. The molecule has 0 fully saturated rings. The summed E-state index contributed by atoms with van der Waals surface area (Å²) >= 11 is 0. The Morgan fingerprint density at radius 1 is 1.17 bits per heavy atom. The third kappa shape index (κ3) is 3.93. The number of carbonyl (C=O) groups is 2. The van der Waals surface area contributed by atoms with Crippen LogP contribution in [-0.2, 0) is 13.6 Å². The summed E-state index contributed by atoms with van der Waals surface area (Å²) in [4.78, 5) is 37.3. The number of aryl methyl sites for hydroxylation is 2. The van der Waals surface area contributed by atoms with E-state index >= 15 is 0 Å². The highest BCUT2D eigenvalue weighted by Gasteiger charge is 2.32. The van der Waals surface area contributed by atoms with E-state index in [2.05, 4.69) is 0 Å². The molecular weight excluding hydrogens is 405 g/mol. The number of Topliss-reactive ketones (excluding diaryl/α,β-unsaturated/α-hetero) is 1. The van der Waals surface area contributed by atoms with Gasteiger partial charge >= 0.3 is 12.1 Å². The molecule has 30 heavy (non-hydrogen) atoms. The van der Waals surface area contributed by atoms with Crippen LogP contribution in [0.5, 0.6) is 5.75 Å². The molecule has 0 saturated carbocycles. The number of hydrogen-bond acceptors (Lipinski definition) is 4. The molecule has 0 aliphatic carbocycles. The molecule has 2 aromatic heterocycles. The van der Waals surface area contributed by atoms with E-state index in [1.807, 2.05) is 0 Å². The molecule has 3 rings (SSSR count). The van der Waals surface area contributed by atoms with E-state index in [4.69, 9.17) is 4.74 Å². The number of carbonyl (C=O) groups excluding carboxylic acids is 1. The highest BCUT2D eigenvalue weighted by Crippen LogP contribution is 2.32. The van der Waals surface area contributed by atoms with Crippen LogP contribution in [0.25, 0.3) is 10.9 Å². The van der Waals surface area contributed by atoms with Crippen molar-refractivity contribution in [1.82, 2.24) is 9.13 Å². The number of nitrogens with zero attached hydrogens (tertiary/aromatic N) is 2. The van der Waals surface area contributed by atoms with E-state index in [0.717, 1.165) is 9.13 Å². The van der Waals surface area contributed by atoms with Crippen LogP contribution in [0, 0.1) is 6.92 Å². The molecule has 2 heterocycles. The van der Waals surface area contributed by atoms with Crippen LogP contribution in [0.3, 0.4) is 0 Å². The fourth-order valence-electron chi connectivity index (χ4n) is 3.21. The SMILES string of the molecule is Cc1cc2c(c(OCC(F)(F)F)c(C(=O)O)n2C)c(=O)n1CC(=O)c1ccccc1. The first-order valence-corrected chi connectivity index (χ1v) is 8.75. The number of ketones is 1. The number of carboxylic acid groups (broad SMARTS) is 1. The summed E-state index contributed by atoms with van der Waals surface area (Å²) < 4.78 is 44.9. The van der Waals surface area contributed by atoms with E-state index in [9.17, 15) is 32.7 Å². The molecular formula is C20H17F3N2O5. The second kappa shape index (κ2) is 7.69. The van der Waals surface area contributed by atoms with E-state index in [1.54, 1.807) is 37.3 Å². The summed E-state index contributed by atoms with van der Waals surface area (Å²) in [5.74, 6) is -2.61. The van der Waals surface area contributed by atoms with Gasteiger partial charge in [-0.25, -0.2) is 4.79 Å². The van der Waals surface area contributed by atoms with E-state index in [0.29, 0.717) is 11.3 Å². The largest absolute Gasteiger partial charge is 0.481 e. The van der Waals surface area contributed by atoms with Crippen LogP contribution in [0.1, 0.15) is 26.5 Å². The van der Waals surface area contributed by atoms with Gasteiger partial charge in [0.25, 0.3) is 5.56 Å². The predicted octanol–water partition coefficient (Wildman–Crippen LogP) is 3.17. The Kier molecular flexibility index (Phi) is 5.43. The van der Waals surface area contributed by atoms with Crippen molar-refractivity contribution >= 4 is 22.7 Å². The van der Waals surface area contributed by atoms with Gasteiger partial charge in [-0.1, -0.05) is 30.3 Å². The highest BCUT2D eigenvalue weighted by atomic mass is 19.4. The number of pyridine rings is 1. The Bertz CT molecular complexity index is 1190. The first kappa shape index (κ1) is 21.2. The molecule has 0 bridgehead atoms. The van der Waals surface area contributed by atoms with Crippen molar-refractivity contribution < 1.29 is 32.6 Å². The van der Waals surface area contributed by atoms with Crippen LogP contribution in [0.2, 0.25) is 0 Å². The zero-order valence-corrected chi connectivity index (χ0v) is 16.0. The molecule has 0 aliphatic heterocycles. The number of fused-ring (bicyclic) bond motifs is 1. The highest BCUT2D eigenvalue weighted by molar-refractivity contribution is 6.01. The average molecular weight is 422 g/mol. The molecule has 0 aliphatic rings. The molecule has 0 amide bonds. The summed E-state index contributed by atoms with van der Waals surface area (Å²) in [6, 6.07) is 9.62. The number of benzene rings is 1. The molecule has 1 N–H and O–H groups in total. The van der Waals surface area contributed by atoms with Gasteiger partial charge in [-0.2, -0.15) is 13.2 Å². The van der Waals surface area contributed by atoms with Crippen LogP contribution in [0.4, 0.5) is 13.2 Å². The monoisotopic (exact) mass is 422 g/mol. The molecule has 3 aromatic rings. The maximum Gasteiger partial charge on any atom is 0.422 e. The van der Waals surface area contributed by atoms with Crippen molar-refractivity contribution in [2.45, 2.75) is 19.6 Å². The number of ether oxygens (including phenoxy) is 1. The molecule has 1 aromatic carbocycles.